The van der Waals surface area contributed by atoms with E-state index in [1.807, 2.05) is 36.6 Å². The van der Waals surface area contributed by atoms with Gasteiger partial charge in [0.2, 0.25) is 5.82 Å². The molecule has 0 radical (unpaired) electrons. The molecule has 1 unspecified atom stereocenters. The molecule has 0 saturated carbocycles. The smallest absolute Gasteiger partial charge is 0.324 e. The fraction of sp³-hybridized carbons (Fsp3) is 0.353. The van der Waals surface area contributed by atoms with E-state index in [0.717, 1.165) is 22.8 Å². The maximum Gasteiger partial charge on any atom is 0.324 e. The quantitative estimate of drug-likeness (QED) is 0.727. The number of aromatic nitrogens is 3. The number of benzene rings is 1. The fourth-order valence-electron chi connectivity index (χ4n) is 2.66. The zero-order chi connectivity index (χ0) is 16.5. The Morgan fingerprint density at radius 3 is 2.75 bits per heavy atom. The van der Waals surface area contributed by atoms with Gasteiger partial charge < -0.3 is 14.2 Å². The van der Waals surface area contributed by atoms with Gasteiger partial charge in [0.1, 0.15) is 11.1 Å². The molecule has 3 heterocycles. The fourth-order valence-corrected chi connectivity index (χ4v) is 3.49. The van der Waals surface area contributed by atoms with Crippen molar-refractivity contribution in [2.75, 3.05) is 24.6 Å². The van der Waals surface area contributed by atoms with Crippen LogP contribution in [0.5, 0.6) is 0 Å². The molecule has 7 heteroatoms. The van der Waals surface area contributed by atoms with Crippen molar-refractivity contribution in [2.45, 2.75) is 20.0 Å². The van der Waals surface area contributed by atoms with Crippen LogP contribution in [0.4, 0.5) is 6.01 Å². The number of rotatable bonds is 3. The first-order chi connectivity index (χ1) is 11.7. The lowest BCUT2D eigenvalue weighted by molar-refractivity contribution is 0.0374. The van der Waals surface area contributed by atoms with Crippen molar-refractivity contribution in [1.29, 1.82) is 0 Å². The summed E-state index contributed by atoms with van der Waals surface area (Å²) in [4.78, 5) is 11.1. The van der Waals surface area contributed by atoms with E-state index in [1.165, 1.54) is 5.56 Å². The minimum atomic E-state index is -0.0489. The lowest BCUT2D eigenvalue weighted by Gasteiger charge is -2.30. The molecule has 1 fully saturated rings. The number of ether oxygens (including phenoxy) is 1. The van der Waals surface area contributed by atoms with E-state index >= 15 is 0 Å². The maximum atomic E-state index is 5.85. The highest BCUT2D eigenvalue weighted by Crippen LogP contribution is 2.28. The van der Waals surface area contributed by atoms with Gasteiger partial charge in [-0.15, -0.1) is 11.3 Å². The highest BCUT2D eigenvalue weighted by Gasteiger charge is 2.27. The highest BCUT2D eigenvalue weighted by atomic mass is 32.1. The van der Waals surface area contributed by atoms with Gasteiger partial charge in [-0.05, 0) is 13.8 Å². The molecule has 124 valence electrons. The second kappa shape index (κ2) is 6.33. The Labute approximate surface area is 144 Å². The molecule has 0 amide bonds. The monoisotopic (exact) mass is 342 g/mol. The van der Waals surface area contributed by atoms with Crippen LogP contribution in [0.1, 0.15) is 22.4 Å². The average molecular weight is 342 g/mol. The highest BCUT2D eigenvalue weighted by molar-refractivity contribution is 7.09. The van der Waals surface area contributed by atoms with E-state index in [9.17, 15) is 0 Å². The summed E-state index contributed by atoms with van der Waals surface area (Å²) in [5.74, 6) is 0.609. The van der Waals surface area contributed by atoms with Crippen LogP contribution in [-0.2, 0) is 4.74 Å². The second-order valence-corrected chi connectivity index (χ2v) is 6.79. The van der Waals surface area contributed by atoms with Crippen molar-refractivity contribution in [3.05, 3.63) is 45.9 Å². The Morgan fingerprint density at radius 1 is 1.17 bits per heavy atom. The number of aryl methyl sites for hydroxylation is 2. The molecule has 6 nitrogen and oxygen atoms in total. The van der Waals surface area contributed by atoms with E-state index in [2.05, 4.69) is 26.9 Å². The lowest BCUT2D eigenvalue weighted by Crippen LogP contribution is -2.38. The molecule has 24 heavy (non-hydrogen) atoms. The van der Waals surface area contributed by atoms with Gasteiger partial charge in [-0.3, -0.25) is 0 Å². The molecule has 0 aliphatic carbocycles. The summed E-state index contributed by atoms with van der Waals surface area (Å²) < 4.78 is 11.3. The Balaban J connectivity index is 1.52. The molecule has 1 atom stereocenters. The van der Waals surface area contributed by atoms with E-state index in [0.29, 0.717) is 25.0 Å². The molecule has 1 aliphatic heterocycles. The SMILES string of the molecule is Cc1ccc(-c2noc(N3CCOC(c4nc(C)cs4)C3)n2)cc1. The normalized spacial score (nSPS) is 18.1. The topological polar surface area (TPSA) is 64.3 Å². The summed E-state index contributed by atoms with van der Waals surface area (Å²) in [6.45, 7) is 6.07. The molecule has 0 bridgehead atoms. The predicted molar refractivity (Wildman–Crippen MR) is 92.2 cm³/mol. The third-order valence-electron chi connectivity index (χ3n) is 3.97. The zero-order valence-electron chi connectivity index (χ0n) is 13.6. The van der Waals surface area contributed by atoms with Crippen LogP contribution in [0.15, 0.2) is 34.2 Å². The number of hydrogen-bond acceptors (Lipinski definition) is 7. The molecular formula is C17H18N4O2S. The number of nitrogens with zero attached hydrogens (tertiary/aromatic N) is 4. The van der Waals surface area contributed by atoms with Crippen LogP contribution in [0.25, 0.3) is 11.4 Å². The van der Waals surface area contributed by atoms with Crippen molar-refractivity contribution >= 4 is 17.4 Å². The lowest BCUT2D eigenvalue weighted by atomic mass is 10.1. The molecule has 1 aromatic carbocycles. The molecule has 1 saturated heterocycles. The first kappa shape index (κ1) is 15.3. The molecule has 4 rings (SSSR count). The van der Waals surface area contributed by atoms with Crippen molar-refractivity contribution in [3.8, 4) is 11.4 Å². The average Bonchev–Trinajstić information content (AvgIpc) is 3.25. The van der Waals surface area contributed by atoms with Crippen LogP contribution >= 0.6 is 11.3 Å². The van der Waals surface area contributed by atoms with Crippen LogP contribution in [0, 0.1) is 13.8 Å². The first-order valence-corrected chi connectivity index (χ1v) is 8.76. The van der Waals surface area contributed by atoms with Crippen LogP contribution < -0.4 is 4.90 Å². The van der Waals surface area contributed by atoms with Gasteiger partial charge in [0.05, 0.1) is 13.2 Å². The summed E-state index contributed by atoms with van der Waals surface area (Å²) in [5, 5.41) is 7.15. The molecule has 0 N–H and O–H groups in total. The number of morpholine rings is 1. The molecule has 0 spiro atoms. The van der Waals surface area contributed by atoms with Gasteiger partial charge in [0.15, 0.2) is 0 Å². The van der Waals surface area contributed by atoms with Gasteiger partial charge in [-0.2, -0.15) is 4.98 Å². The Morgan fingerprint density at radius 2 is 2.00 bits per heavy atom. The third kappa shape index (κ3) is 3.05. The minimum Gasteiger partial charge on any atom is -0.367 e. The van der Waals surface area contributed by atoms with Gasteiger partial charge in [-0.1, -0.05) is 35.0 Å². The van der Waals surface area contributed by atoms with E-state index in [1.54, 1.807) is 11.3 Å². The molecular weight excluding hydrogens is 324 g/mol. The van der Waals surface area contributed by atoms with Gasteiger partial charge in [0.25, 0.3) is 0 Å². The van der Waals surface area contributed by atoms with Crippen molar-refractivity contribution < 1.29 is 9.26 Å². The Kier molecular flexibility index (Phi) is 4.03. The standard InChI is InChI=1S/C17H18N4O2S/c1-11-3-5-13(6-4-11)15-19-17(23-20-15)21-7-8-22-14(9-21)16-18-12(2)10-24-16/h3-6,10,14H,7-9H2,1-2H3. The minimum absolute atomic E-state index is 0.0489. The summed E-state index contributed by atoms with van der Waals surface area (Å²) in [5.41, 5.74) is 3.18. The Hall–Kier alpha value is -2.25. The van der Waals surface area contributed by atoms with Crippen LogP contribution in [-0.4, -0.2) is 34.8 Å². The molecule has 3 aromatic rings. The van der Waals surface area contributed by atoms with E-state index in [4.69, 9.17) is 9.26 Å². The number of hydrogen-bond donors (Lipinski definition) is 0. The largest absolute Gasteiger partial charge is 0.367 e. The first-order valence-electron chi connectivity index (χ1n) is 7.88. The number of thiazole rings is 1. The second-order valence-electron chi connectivity index (χ2n) is 5.90. The van der Waals surface area contributed by atoms with Crippen LogP contribution in [0.3, 0.4) is 0 Å². The van der Waals surface area contributed by atoms with Gasteiger partial charge in [-0.25, -0.2) is 4.98 Å². The van der Waals surface area contributed by atoms with E-state index in [-0.39, 0.29) is 6.10 Å². The van der Waals surface area contributed by atoms with Crippen LogP contribution in [0.2, 0.25) is 0 Å². The predicted octanol–water partition coefficient (Wildman–Crippen LogP) is 3.39. The van der Waals surface area contributed by atoms with Crippen molar-refractivity contribution in [1.82, 2.24) is 15.1 Å². The van der Waals surface area contributed by atoms with Gasteiger partial charge in [0, 0.05) is 23.2 Å². The summed E-state index contributed by atoms with van der Waals surface area (Å²) in [7, 11) is 0. The summed E-state index contributed by atoms with van der Waals surface area (Å²) in [6.07, 6.45) is -0.0489. The Bertz CT molecular complexity index is 827. The van der Waals surface area contributed by atoms with Crippen molar-refractivity contribution in [3.63, 3.8) is 0 Å². The summed E-state index contributed by atoms with van der Waals surface area (Å²) >= 11 is 1.63. The zero-order valence-corrected chi connectivity index (χ0v) is 14.4. The molecule has 2 aromatic heterocycles. The maximum absolute atomic E-state index is 5.85. The van der Waals surface area contributed by atoms with Gasteiger partial charge >= 0.3 is 6.01 Å². The number of anilines is 1. The van der Waals surface area contributed by atoms with E-state index < -0.39 is 0 Å². The molecule has 1 aliphatic rings. The summed E-state index contributed by atoms with van der Waals surface area (Å²) in [6, 6.07) is 8.63. The third-order valence-corrected chi connectivity index (χ3v) is 5.03. The van der Waals surface area contributed by atoms with Crippen molar-refractivity contribution in [2.24, 2.45) is 0 Å².